The highest BCUT2D eigenvalue weighted by Gasteiger charge is 2.21. The zero-order valence-electron chi connectivity index (χ0n) is 10.7. The van der Waals surface area contributed by atoms with Gasteiger partial charge in [-0.25, -0.2) is 9.18 Å². The van der Waals surface area contributed by atoms with Crippen molar-refractivity contribution in [1.82, 2.24) is 5.32 Å². The van der Waals surface area contributed by atoms with Crippen LogP contribution in [0.2, 0.25) is 0 Å². The molecule has 0 aliphatic rings. The summed E-state index contributed by atoms with van der Waals surface area (Å²) in [4.78, 5) is 11.7. The van der Waals surface area contributed by atoms with Crippen LogP contribution >= 0.6 is 15.9 Å². The first-order chi connectivity index (χ1) is 8.45. The third kappa shape index (κ3) is 4.07. The van der Waals surface area contributed by atoms with Crippen LogP contribution in [0.1, 0.15) is 25.5 Å². The Balaban J connectivity index is 2.94. The lowest BCUT2D eigenvalue weighted by molar-refractivity contribution is -0.143. The molecule has 0 aliphatic heterocycles. The molecule has 5 heteroatoms. The van der Waals surface area contributed by atoms with Crippen molar-refractivity contribution in [1.29, 1.82) is 0 Å². The number of carbonyl (C=O) groups is 1. The van der Waals surface area contributed by atoms with E-state index in [2.05, 4.69) is 21.2 Å². The number of halogens is 2. The lowest BCUT2D eigenvalue weighted by Crippen LogP contribution is -2.32. The average molecular weight is 318 g/mol. The van der Waals surface area contributed by atoms with Crippen LogP contribution in [0.5, 0.6) is 0 Å². The lowest BCUT2D eigenvalue weighted by atomic mass is 10.1. The summed E-state index contributed by atoms with van der Waals surface area (Å²) in [5.41, 5.74) is 0.559. The lowest BCUT2D eigenvalue weighted by Gasteiger charge is -2.18. The summed E-state index contributed by atoms with van der Waals surface area (Å²) in [5, 5.41) is 3.08. The van der Waals surface area contributed by atoms with Crippen molar-refractivity contribution in [3.05, 3.63) is 34.1 Å². The predicted octanol–water partition coefficient (Wildman–Crippen LogP) is 3.05. The van der Waals surface area contributed by atoms with Gasteiger partial charge in [0.25, 0.3) is 0 Å². The van der Waals surface area contributed by atoms with Crippen molar-refractivity contribution < 1.29 is 13.9 Å². The number of carbonyl (C=O) groups excluding carboxylic acids is 1. The van der Waals surface area contributed by atoms with E-state index in [1.54, 1.807) is 12.1 Å². The number of hydrogen-bond donors (Lipinski definition) is 1. The first-order valence-corrected chi connectivity index (χ1v) is 6.51. The van der Waals surface area contributed by atoms with E-state index in [0.29, 0.717) is 22.5 Å². The molecular weight excluding hydrogens is 301 g/mol. The smallest absolute Gasteiger partial charge is 0.327 e. The number of nitrogens with one attached hydrogen (secondary N) is 1. The second-order valence-corrected chi connectivity index (χ2v) is 5.29. The standard InChI is InChI=1S/C13H17BrFNO2/c1-8(2)7-16-12(13(17)18-3)9-4-5-10(14)11(15)6-9/h4-6,8,12,16H,7H2,1-3H3. The number of rotatable bonds is 5. The van der Waals surface area contributed by atoms with Crippen LogP contribution < -0.4 is 5.32 Å². The molecule has 1 aromatic rings. The van der Waals surface area contributed by atoms with Crippen molar-refractivity contribution in [2.75, 3.05) is 13.7 Å². The second kappa shape index (κ2) is 6.85. The summed E-state index contributed by atoms with van der Waals surface area (Å²) in [6.45, 7) is 4.71. The molecule has 1 rings (SSSR count). The van der Waals surface area contributed by atoms with Gasteiger partial charge in [0.2, 0.25) is 0 Å². The van der Waals surface area contributed by atoms with Crippen LogP contribution in [-0.2, 0) is 9.53 Å². The van der Waals surface area contributed by atoms with E-state index in [4.69, 9.17) is 4.74 Å². The van der Waals surface area contributed by atoms with Gasteiger partial charge >= 0.3 is 5.97 Å². The van der Waals surface area contributed by atoms with Crippen LogP contribution in [0.3, 0.4) is 0 Å². The summed E-state index contributed by atoms with van der Waals surface area (Å²) >= 11 is 3.08. The van der Waals surface area contributed by atoms with Crippen LogP contribution in [-0.4, -0.2) is 19.6 Å². The van der Waals surface area contributed by atoms with Gasteiger partial charge in [0.1, 0.15) is 11.9 Å². The zero-order chi connectivity index (χ0) is 13.7. The minimum absolute atomic E-state index is 0.374. The summed E-state index contributed by atoms with van der Waals surface area (Å²) in [6.07, 6.45) is 0. The first-order valence-electron chi connectivity index (χ1n) is 5.72. The van der Waals surface area contributed by atoms with Crippen LogP contribution in [0, 0.1) is 11.7 Å². The van der Waals surface area contributed by atoms with Gasteiger partial charge in [-0.2, -0.15) is 0 Å². The van der Waals surface area contributed by atoms with Crippen LogP contribution in [0.4, 0.5) is 4.39 Å². The topological polar surface area (TPSA) is 38.3 Å². The molecule has 0 fully saturated rings. The Labute approximate surface area is 115 Å². The van der Waals surface area contributed by atoms with Crippen molar-refractivity contribution in [2.45, 2.75) is 19.9 Å². The molecule has 0 heterocycles. The molecular formula is C13H17BrFNO2. The zero-order valence-corrected chi connectivity index (χ0v) is 12.3. The monoisotopic (exact) mass is 317 g/mol. The SMILES string of the molecule is COC(=O)C(NCC(C)C)c1ccc(Br)c(F)c1. The third-order valence-corrected chi connectivity index (χ3v) is 3.09. The number of ether oxygens (including phenoxy) is 1. The Morgan fingerprint density at radius 2 is 2.17 bits per heavy atom. The molecule has 0 bridgehead atoms. The Kier molecular flexibility index (Phi) is 5.75. The molecule has 1 unspecified atom stereocenters. The van der Waals surface area contributed by atoms with Gasteiger partial charge < -0.3 is 10.1 Å². The molecule has 0 saturated heterocycles. The fourth-order valence-electron chi connectivity index (χ4n) is 1.50. The molecule has 100 valence electrons. The van der Waals surface area contributed by atoms with Crippen LogP contribution in [0.15, 0.2) is 22.7 Å². The van der Waals surface area contributed by atoms with E-state index in [9.17, 15) is 9.18 Å². The Bertz CT molecular complexity index is 423. The highest BCUT2D eigenvalue weighted by molar-refractivity contribution is 9.10. The second-order valence-electron chi connectivity index (χ2n) is 4.43. The van der Waals surface area contributed by atoms with Gasteiger partial charge in [-0.15, -0.1) is 0 Å². The van der Waals surface area contributed by atoms with Crippen molar-refractivity contribution in [3.8, 4) is 0 Å². The maximum atomic E-state index is 13.5. The van der Waals surface area contributed by atoms with E-state index >= 15 is 0 Å². The predicted molar refractivity (Wildman–Crippen MR) is 71.7 cm³/mol. The highest BCUT2D eigenvalue weighted by Crippen LogP contribution is 2.21. The van der Waals surface area contributed by atoms with Gasteiger partial charge in [-0.05, 0) is 46.1 Å². The Hall–Kier alpha value is -0.940. The summed E-state index contributed by atoms with van der Waals surface area (Å²) in [7, 11) is 1.32. The molecule has 3 nitrogen and oxygen atoms in total. The van der Waals surface area contributed by atoms with Gasteiger partial charge in [0, 0.05) is 0 Å². The van der Waals surface area contributed by atoms with Crippen molar-refractivity contribution in [2.24, 2.45) is 5.92 Å². The number of benzene rings is 1. The van der Waals surface area contributed by atoms with Gasteiger partial charge in [0.05, 0.1) is 11.6 Å². The van der Waals surface area contributed by atoms with Crippen molar-refractivity contribution >= 4 is 21.9 Å². The molecule has 0 aromatic heterocycles. The van der Waals surface area contributed by atoms with Gasteiger partial charge in [0.15, 0.2) is 0 Å². The Morgan fingerprint density at radius 3 is 2.67 bits per heavy atom. The number of hydrogen-bond acceptors (Lipinski definition) is 3. The van der Waals surface area contributed by atoms with E-state index in [0.717, 1.165) is 0 Å². The van der Waals surface area contributed by atoms with Gasteiger partial charge in [-0.1, -0.05) is 19.9 Å². The van der Waals surface area contributed by atoms with Gasteiger partial charge in [-0.3, -0.25) is 0 Å². The molecule has 1 aromatic carbocycles. The Morgan fingerprint density at radius 1 is 1.50 bits per heavy atom. The molecule has 1 N–H and O–H groups in total. The molecule has 18 heavy (non-hydrogen) atoms. The summed E-state index contributed by atoms with van der Waals surface area (Å²) < 4.78 is 18.6. The quantitative estimate of drug-likeness (QED) is 0.848. The first kappa shape index (κ1) is 15.1. The average Bonchev–Trinajstić information content (AvgIpc) is 2.33. The normalized spacial score (nSPS) is 12.6. The fraction of sp³-hybridized carbons (Fsp3) is 0.462. The molecule has 0 aliphatic carbocycles. The molecule has 0 spiro atoms. The molecule has 0 amide bonds. The summed E-state index contributed by atoms with van der Waals surface area (Å²) in [6, 6.07) is 3.97. The fourth-order valence-corrected chi connectivity index (χ4v) is 1.75. The number of esters is 1. The summed E-state index contributed by atoms with van der Waals surface area (Å²) in [5.74, 6) is -0.428. The van der Waals surface area contributed by atoms with E-state index in [1.165, 1.54) is 13.2 Å². The molecule has 0 saturated carbocycles. The minimum Gasteiger partial charge on any atom is -0.468 e. The third-order valence-electron chi connectivity index (χ3n) is 2.44. The molecule has 0 radical (unpaired) electrons. The maximum absolute atomic E-state index is 13.5. The van der Waals surface area contributed by atoms with E-state index < -0.39 is 17.8 Å². The minimum atomic E-state index is -0.639. The largest absolute Gasteiger partial charge is 0.468 e. The number of methoxy groups -OCH3 is 1. The van der Waals surface area contributed by atoms with Crippen LogP contribution in [0.25, 0.3) is 0 Å². The van der Waals surface area contributed by atoms with Crippen molar-refractivity contribution in [3.63, 3.8) is 0 Å². The molecule has 1 atom stereocenters. The van der Waals surface area contributed by atoms with E-state index in [1.807, 2.05) is 13.8 Å². The highest BCUT2D eigenvalue weighted by atomic mass is 79.9. The maximum Gasteiger partial charge on any atom is 0.327 e. The van der Waals surface area contributed by atoms with E-state index in [-0.39, 0.29) is 0 Å².